The molecule has 0 bridgehead atoms. The van der Waals surface area contributed by atoms with Gasteiger partial charge in [0.25, 0.3) is 0 Å². The number of rotatable bonds is 2. The molecule has 138 valence electrons. The lowest BCUT2D eigenvalue weighted by Crippen LogP contribution is -2.29. The number of hydrogen-bond acceptors (Lipinski definition) is 6. The monoisotopic (exact) mass is 350 g/mol. The van der Waals surface area contributed by atoms with Gasteiger partial charge in [0, 0.05) is 26.2 Å². The first-order valence-electron chi connectivity index (χ1n) is 8.59. The summed E-state index contributed by atoms with van der Waals surface area (Å²) >= 11 is 0. The Hall–Kier alpha value is -2.11. The molecule has 0 aromatic rings. The van der Waals surface area contributed by atoms with Crippen molar-refractivity contribution in [3.8, 4) is 0 Å². The van der Waals surface area contributed by atoms with Crippen LogP contribution < -0.4 is 0 Å². The minimum absolute atomic E-state index is 0.105. The van der Waals surface area contributed by atoms with Gasteiger partial charge in [-0.1, -0.05) is 13.0 Å². The zero-order valence-corrected chi connectivity index (χ0v) is 15.4. The van der Waals surface area contributed by atoms with Crippen LogP contribution in [0, 0.1) is 11.8 Å². The lowest BCUT2D eigenvalue weighted by Gasteiger charge is -2.27. The maximum atomic E-state index is 12.1. The summed E-state index contributed by atoms with van der Waals surface area (Å²) in [5.41, 5.74) is 1.73. The second-order valence-electron chi connectivity index (χ2n) is 6.88. The van der Waals surface area contributed by atoms with E-state index in [9.17, 15) is 14.4 Å². The van der Waals surface area contributed by atoms with Gasteiger partial charge in [-0.05, 0) is 37.5 Å². The van der Waals surface area contributed by atoms with Gasteiger partial charge in [-0.25, -0.2) is 0 Å². The van der Waals surface area contributed by atoms with E-state index < -0.39 is 18.3 Å². The Morgan fingerprint density at radius 3 is 2.28 bits per heavy atom. The van der Waals surface area contributed by atoms with Crippen LogP contribution in [-0.2, 0) is 28.6 Å². The molecule has 1 heterocycles. The van der Waals surface area contributed by atoms with Crippen molar-refractivity contribution in [2.75, 3.05) is 0 Å². The van der Waals surface area contributed by atoms with Crippen molar-refractivity contribution in [2.24, 2.45) is 11.8 Å². The molecule has 0 radical (unpaired) electrons. The van der Waals surface area contributed by atoms with E-state index in [4.69, 9.17) is 14.2 Å². The molecule has 5 atom stereocenters. The summed E-state index contributed by atoms with van der Waals surface area (Å²) in [6, 6.07) is 0. The van der Waals surface area contributed by atoms with E-state index in [-0.39, 0.29) is 29.7 Å². The highest BCUT2D eigenvalue weighted by atomic mass is 16.6. The van der Waals surface area contributed by atoms with Crippen LogP contribution >= 0.6 is 0 Å². The first kappa shape index (κ1) is 19.2. The third kappa shape index (κ3) is 4.71. The van der Waals surface area contributed by atoms with Crippen LogP contribution in [0.5, 0.6) is 0 Å². The van der Waals surface area contributed by atoms with E-state index in [2.05, 4.69) is 0 Å². The molecule has 0 aromatic carbocycles. The van der Waals surface area contributed by atoms with E-state index in [1.54, 1.807) is 0 Å². The smallest absolute Gasteiger partial charge is 0.309 e. The zero-order chi connectivity index (χ0) is 18.7. The van der Waals surface area contributed by atoms with Crippen LogP contribution in [0.1, 0.15) is 47.5 Å². The Balaban J connectivity index is 2.40. The third-order valence-electron chi connectivity index (χ3n) is 4.89. The predicted octanol–water partition coefficient (Wildman–Crippen LogP) is 2.71. The van der Waals surface area contributed by atoms with Gasteiger partial charge >= 0.3 is 17.9 Å². The summed E-state index contributed by atoms with van der Waals surface area (Å²) in [6.07, 6.45) is 3.52. The summed E-state index contributed by atoms with van der Waals surface area (Å²) in [7, 11) is 0. The summed E-state index contributed by atoms with van der Waals surface area (Å²) in [5, 5.41) is 0. The number of carbonyl (C=O) groups excluding carboxylic acids is 3. The Kier molecular flexibility index (Phi) is 6.03. The minimum atomic E-state index is -0.432. The highest BCUT2D eigenvalue weighted by Crippen LogP contribution is 2.36. The fourth-order valence-electron chi connectivity index (χ4n) is 3.38. The minimum Gasteiger partial charge on any atom is -0.458 e. The van der Waals surface area contributed by atoms with Crippen molar-refractivity contribution in [3.05, 3.63) is 23.3 Å². The van der Waals surface area contributed by atoms with E-state index in [1.165, 1.54) is 13.8 Å². The predicted molar refractivity (Wildman–Crippen MR) is 90.4 cm³/mol. The standard InChI is InChI=1S/C19H26O6/c1-10-6-7-16(23-13(4)20)11(2)8-18-15(12(3)19(22)25-18)9-17(10)24-14(5)21/h6,8,12,15-18H,7,9H2,1-5H3/b10-6+,11-8+/t12-,15+,16+,17+,18-/m1/s1. The Labute approximate surface area is 148 Å². The molecule has 1 aliphatic heterocycles. The number of carbonyl (C=O) groups is 3. The second-order valence-corrected chi connectivity index (χ2v) is 6.88. The van der Waals surface area contributed by atoms with Crippen LogP contribution in [0.3, 0.4) is 0 Å². The number of fused-ring (bicyclic) bond motifs is 1. The average molecular weight is 350 g/mol. The molecule has 0 N–H and O–H groups in total. The van der Waals surface area contributed by atoms with Crippen molar-refractivity contribution in [1.82, 2.24) is 0 Å². The van der Waals surface area contributed by atoms with Crippen molar-refractivity contribution in [2.45, 2.75) is 65.8 Å². The number of hydrogen-bond donors (Lipinski definition) is 0. The Morgan fingerprint density at radius 1 is 1.08 bits per heavy atom. The molecule has 0 saturated carbocycles. The van der Waals surface area contributed by atoms with Crippen LogP contribution in [0.4, 0.5) is 0 Å². The molecular formula is C19H26O6. The molecule has 0 spiro atoms. The van der Waals surface area contributed by atoms with Gasteiger partial charge in [0.1, 0.15) is 18.3 Å². The molecule has 1 fully saturated rings. The molecule has 0 amide bonds. The van der Waals surface area contributed by atoms with E-state index in [0.717, 1.165) is 11.1 Å². The van der Waals surface area contributed by atoms with Gasteiger partial charge in [-0.3, -0.25) is 14.4 Å². The molecule has 2 rings (SSSR count). The van der Waals surface area contributed by atoms with E-state index in [1.807, 2.05) is 32.9 Å². The normalized spacial score (nSPS) is 36.8. The Morgan fingerprint density at radius 2 is 1.68 bits per heavy atom. The average Bonchev–Trinajstić information content (AvgIpc) is 2.76. The van der Waals surface area contributed by atoms with Crippen LogP contribution in [0.25, 0.3) is 0 Å². The van der Waals surface area contributed by atoms with Gasteiger partial charge in [0.05, 0.1) is 5.92 Å². The van der Waals surface area contributed by atoms with Crippen molar-refractivity contribution >= 4 is 17.9 Å². The van der Waals surface area contributed by atoms with Gasteiger partial charge in [-0.2, -0.15) is 0 Å². The molecular weight excluding hydrogens is 324 g/mol. The van der Waals surface area contributed by atoms with Gasteiger partial charge in [0.2, 0.25) is 0 Å². The van der Waals surface area contributed by atoms with Gasteiger partial charge < -0.3 is 14.2 Å². The first-order chi connectivity index (χ1) is 11.7. The maximum absolute atomic E-state index is 12.1. The molecule has 0 unspecified atom stereocenters. The molecule has 6 nitrogen and oxygen atoms in total. The topological polar surface area (TPSA) is 78.9 Å². The molecule has 25 heavy (non-hydrogen) atoms. The summed E-state index contributed by atoms with van der Waals surface area (Å²) in [4.78, 5) is 34.9. The number of esters is 3. The van der Waals surface area contributed by atoms with E-state index >= 15 is 0 Å². The summed E-state index contributed by atoms with van der Waals surface area (Å²) in [6.45, 7) is 8.32. The zero-order valence-electron chi connectivity index (χ0n) is 15.4. The van der Waals surface area contributed by atoms with Crippen LogP contribution in [0.15, 0.2) is 23.3 Å². The molecule has 6 heteroatoms. The highest BCUT2D eigenvalue weighted by molar-refractivity contribution is 5.75. The lowest BCUT2D eigenvalue weighted by atomic mass is 9.83. The van der Waals surface area contributed by atoms with Crippen molar-refractivity contribution in [3.63, 3.8) is 0 Å². The second kappa shape index (κ2) is 7.85. The fourth-order valence-corrected chi connectivity index (χ4v) is 3.38. The van der Waals surface area contributed by atoms with E-state index in [0.29, 0.717) is 12.8 Å². The van der Waals surface area contributed by atoms with Crippen LogP contribution in [-0.4, -0.2) is 36.2 Å². The van der Waals surface area contributed by atoms with Crippen molar-refractivity contribution < 1.29 is 28.6 Å². The van der Waals surface area contributed by atoms with Gasteiger partial charge in [0.15, 0.2) is 0 Å². The summed E-state index contributed by atoms with van der Waals surface area (Å²) in [5.74, 6) is -1.39. The molecule has 1 aliphatic carbocycles. The Bertz CT molecular complexity index is 617. The van der Waals surface area contributed by atoms with Crippen molar-refractivity contribution in [1.29, 1.82) is 0 Å². The molecule has 1 saturated heterocycles. The fraction of sp³-hybridized carbons (Fsp3) is 0.632. The van der Waals surface area contributed by atoms with Crippen LogP contribution in [0.2, 0.25) is 0 Å². The van der Waals surface area contributed by atoms with Gasteiger partial charge in [-0.15, -0.1) is 0 Å². The number of ether oxygens (including phenoxy) is 3. The SMILES string of the molecule is CC(=O)O[C@H]1C/C=C(\C)[C@@H](OC(C)=O)C[C@@H]2[C@@H](/C=C/1C)OC(=O)[C@@H]2C. The first-order valence-corrected chi connectivity index (χ1v) is 8.59. The quantitative estimate of drug-likeness (QED) is 0.433. The third-order valence-corrected chi connectivity index (χ3v) is 4.89. The largest absolute Gasteiger partial charge is 0.458 e. The highest BCUT2D eigenvalue weighted by Gasteiger charge is 2.43. The molecule has 2 aliphatic rings. The molecule has 0 aromatic heterocycles. The lowest BCUT2D eigenvalue weighted by molar-refractivity contribution is -0.145. The maximum Gasteiger partial charge on any atom is 0.309 e. The summed E-state index contributed by atoms with van der Waals surface area (Å²) < 4.78 is 16.4.